The highest BCUT2D eigenvalue weighted by Crippen LogP contribution is 2.31. The lowest BCUT2D eigenvalue weighted by atomic mass is 9.80. The maximum Gasteiger partial charge on any atom is 0.253 e. The molecule has 0 saturated carbocycles. The van der Waals surface area contributed by atoms with E-state index in [-0.39, 0.29) is 17.9 Å². The first-order valence-corrected chi connectivity index (χ1v) is 9.37. The van der Waals surface area contributed by atoms with Crippen molar-refractivity contribution in [2.24, 2.45) is 5.41 Å². The number of hydrogen-bond acceptors (Lipinski definition) is 3. The van der Waals surface area contributed by atoms with Crippen LogP contribution in [-0.4, -0.2) is 48.4 Å². The highest BCUT2D eigenvalue weighted by Gasteiger charge is 2.40. The third kappa shape index (κ3) is 4.21. The van der Waals surface area contributed by atoms with Crippen molar-refractivity contribution in [3.63, 3.8) is 0 Å². The average molecular weight is 343 g/mol. The maximum atomic E-state index is 12.9. The monoisotopic (exact) mass is 343 g/mol. The molecule has 5 heteroatoms. The second kappa shape index (κ2) is 7.56. The highest BCUT2D eigenvalue weighted by molar-refractivity contribution is 5.95. The molecule has 2 fully saturated rings. The van der Waals surface area contributed by atoms with Crippen LogP contribution in [0.1, 0.15) is 49.9 Å². The van der Waals surface area contributed by atoms with Gasteiger partial charge in [0.2, 0.25) is 5.91 Å². The maximum absolute atomic E-state index is 12.9. The predicted octanol–water partition coefficient (Wildman–Crippen LogP) is 2.19. The van der Waals surface area contributed by atoms with E-state index in [1.54, 1.807) is 0 Å². The van der Waals surface area contributed by atoms with Gasteiger partial charge in [-0.25, -0.2) is 0 Å². The first kappa shape index (κ1) is 17.9. The minimum absolute atomic E-state index is 0.0230. The van der Waals surface area contributed by atoms with Crippen molar-refractivity contribution in [1.82, 2.24) is 15.5 Å². The Labute approximate surface area is 150 Å². The molecule has 3 rings (SSSR count). The van der Waals surface area contributed by atoms with E-state index in [0.717, 1.165) is 38.8 Å². The summed E-state index contributed by atoms with van der Waals surface area (Å²) >= 11 is 0. The fourth-order valence-corrected chi connectivity index (χ4v) is 3.98. The van der Waals surface area contributed by atoms with Crippen LogP contribution in [0, 0.1) is 5.41 Å². The summed E-state index contributed by atoms with van der Waals surface area (Å²) in [7, 11) is 0. The van der Waals surface area contributed by atoms with Crippen LogP contribution in [0.4, 0.5) is 0 Å². The molecule has 0 spiro atoms. The van der Waals surface area contributed by atoms with Crippen molar-refractivity contribution >= 4 is 11.8 Å². The van der Waals surface area contributed by atoms with Crippen LogP contribution >= 0.6 is 0 Å². The molecular weight excluding hydrogens is 314 g/mol. The van der Waals surface area contributed by atoms with E-state index < -0.39 is 5.41 Å². The van der Waals surface area contributed by atoms with Crippen LogP contribution in [0.2, 0.25) is 0 Å². The molecule has 2 heterocycles. The van der Waals surface area contributed by atoms with Gasteiger partial charge in [-0.3, -0.25) is 9.59 Å². The van der Waals surface area contributed by atoms with E-state index in [0.29, 0.717) is 18.2 Å². The molecule has 1 aromatic rings. The first-order chi connectivity index (χ1) is 12.0. The van der Waals surface area contributed by atoms with E-state index in [1.807, 2.05) is 42.2 Å². The van der Waals surface area contributed by atoms with E-state index in [2.05, 4.69) is 17.6 Å². The van der Waals surface area contributed by atoms with Crippen molar-refractivity contribution in [3.05, 3.63) is 35.9 Å². The highest BCUT2D eigenvalue weighted by atomic mass is 16.2. The minimum Gasteiger partial charge on any atom is -0.353 e. The van der Waals surface area contributed by atoms with Crippen LogP contribution in [0.5, 0.6) is 0 Å². The lowest BCUT2D eigenvalue weighted by Gasteiger charge is -2.40. The number of rotatable bonds is 3. The van der Waals surface area contributed by atoms with Crippen LogP contribution < -0.4 is 10.6 Å². The Balaban J connectivity index is 1.64. The number of carbonyl (C=O) groups excluding carboxylic acids is 2. The molecule has 2 aliphatic rings. The van der Waals surface area contributed by atoms with E-state index in [4.69, 9.17) is 0 Å². The van der Waals surface area contributed by atoms with Gasteiger partial charge in [0.05, 0.1) is 5.41 Å². The number of nitrogens with zero attached hydrogens (tertiary/aromatic N) is 1. The predicted molar refractivity (Wildman–Crippen MR) is 98.3 cm³/mol. The van der Waals surface area contributed by atoms with Crippen LogP contribution in [0.3, 0.4) is 0 Å². The summed E-state index contributed by atoms with van der Waals surface area (Å²) < 4.78 is 0. The van der Waals surface area contributed by atoms with Gasteiger partial charge in [-0.1, -0.05) is 18.2 Å². The molecule has 0 aromatic heterocycles. The second-order valence-electron chi connectivity index (χ2n) is 7.81. The topological polar surface area (TPSA) is 61.4 Å². The number of carbonyl (C=O) groups is 2. The summed E-state index contributed by atoms with van der Waals surface area (Å²) in [5, 5.41) is 6.65. The number of amides is 2. The summed E-state index contributed by atoms with van der Waals surface area (Å²) in [6.45, 7) is 6.31. The fraction of sp³-hybridized carbons (Fsp3) is 0.600. The number of nitrogens with one attached hydrogen (secondary N) is 2. The molecule has 2 N–H and O–H groups in total. The standard InChI is InChI=1S/C20H29N3O2/c1-15-13-17(9-11-21-15)22-19(25)20(2)10-6-12-23(14-20)18(24)16-7-4-3-5-8-16/h3-5,7-8,15,17,21H,6,9-14H2,1-2H3,(H,22,25). The lowest BCUT2D eigenvalue weighted by molar-refractivity contribution is -0.133. The molecular formula is C20H29N3O2. The second-order valence-corrected chi connectivity index (χ2v) is 7.81. The van der Waals surface area contributed by atoms with Gasteiger partial charge in [0.25, 0.3) is 5.91 Å². The quantitative estimate of drug-likeness (QED) is 0.884. The molecule has 0 radical (unpaired) electrons. The average Bonchev–Trinajstić information content (AvgIpc) is 2.62. The Morgan fingerprint density at radius 2 is 2.04 bits per heavy atom. The Hall–Kier alpha value is -1.88. The van der Waals surface area contributed by atoms with E-state index in [9.17, 15) is 9.59 Å². The number of benzene rings is 1. The van der Waals surface area contributed by atoms with Gasteiger partial charge >= 0.3 is 0 Å². The first-order valence-electron chi connectivity index (χ1n) is 9.37. The van der Waals surface area contributed by atoms with Gasteiger partial charge in [-0.15, -0.1) is 0 Å². The van der Waals surface area contributed by atoms with Gasteiger partial charge in [0.1, 0.15) is 0 Å². The van der Waals surface area contributed by atoms with Crippen molar-refractivity contribution in [2.75, 3.05) is 19.6 Å². The third-order valence-electron chi connectivity index (χ3n) is 5.51. The van der Waals surface area contributed by atoms with Crippen molar-refractivity contribution in [2.45, 2.75) is 51.6 Å². The molecule has 136 valence electrons. The van der Waals surface area contributed by atoms with Gasteiger partial charge in [-0.05, 0) is 58.2 Å². The molecule has 1 aromatic carbocycles. The molecule has 0 aliphatic carbocycles. The van der Waals surface area contributed by atoms with Crippen LogP contribution in [0.25, 0.3) is 0 Å². The Morgan fingerprint density at radius 3 is 2.76 bits per heavy atom. The van der Waals surface area contributed by atoms with E-state index >= 15 is 0 Å². The van der Waals surface area contributed by atoms with Crippen molar-refractivity contribution in [3.8, 4) is 0 Å². The van der Waals surface area contributed by atoms with Crippen LogP contribution in [-0.2, 0) is 4.79 Å². The smallest absolute Gasteiger partial charge is 0.253 e. The molecule has 3 unspecified atom stereocenters. The van der Waals surface area contributed by atoms with Crippen molar-refractivity contribution < 1.29 is 9.59 Å². The van der Waals surface area contributed by atoms with Crippen LogP contribution in [0.15, 0.2) is 30.3 Å². The summed E-state index contributed by atoms with van der Waals surface area (Å²) in [6.07, 6.45) is 3.64. The SMILES string of the molecule is CC1CC(NC(=O)C2(C)CCCN(C(=O)c3ccccc3)C2)CCN1. The molecule has 2 amide bonds. The summed E-state index contributed by atoms with van der Waals surface area (Å²) in [5.74, 6) is 0.118. The molecule has 5 nitrogen and oxygen atoms in total. The largest absolute Gasteiger partial charge is 0.353 e. The zero-order valence-electron chi connectivity index (χ0n) is 15.3. The Kier molecular flexibility index (Phi) is 5.42. The van der Waals surface area contributed by atoms with E-state index in [1.165, 1.54) is 0 Å². The Bertz CT molecular complexity index is 619. The van der Waals surface area contributed by atoms with Gasteiger partial charge in [-0.2, -0.15) is 0 Å². The third-order valence-corrected chi connectivity index (χ3v) is 5.51. The molecule has 3 atom stereocenters. The molecule has 2 aliphatic heterocycles. The summed E-state index contributed by atoms with van der Waals surface area (Å²) in [4.78, 5) is 27.5. The lowest BCUT2D eigenvalue weighted by Crippen LogP contribution is -2.55. The molecule has 2 saturated heterocycles. The van der Waals surface area contributed by atoms with Crippen molar-refractivity contribution in [1.29, 1.82) is 0 Å². The Morgan fingerprint density at radius 1 is 1.28 bits per heavy atom. The summed E-state index contributed by atoms with van der Waals surface area (Å²) in [5.41, 5.74) is 0.191. The molecule has 0 bridgehead atoms. The minimum atomic E-state index is -0.503. The summed E-state index contributed by atoms with van der Waals surface area (Å²) in [6, 6.07) is 10.0. The fourth-order valence-electron chi connectivity index (χ4n) is 3.98. The van der Waals surface area contributed by atoms with Gasteiger partial charge < -0.3 is 15.5 Å². The zero-order chi connectivity index (χ0) is 17.9. The number of piperidine rings is 2. The normalized spacial score (nSPS) is 29.9. The zero-order valence-corrected chi connectivity index (χ0v) is 15.3. The van der Waals surface area contributed by atoms with Gasteiger partial charge in [0.15, 0.2) is 0 Å². The van der Waals surface area contributed by atoms with Gasteiger partial charge in [0, 0.05) is 30.7 Å². The number of hydrogen-bond donors (Lipinski definition) is 2. The molecule has 25 heavy (non-hydrogen) atoms. The number of likely N-dealkylation sites (tertiary alicyclic amines) is 1.